The van der Waals surface area contributed by atoms with Gasteiger partial charge in [-0.15, -0.1) is 12.4 Å². The van der Waals surface area contributed by atoms with E-state index in [2.05, 4.69) is 54.5 Å². The third kappa shape index (κ3) is 3.70. The summed E-state index contributed by atoms with van der Waals surface area (Å²) < 4.78 is 2.39. The molecular weight excluding hydrogens is 308 g/mol. The molecule has 0 bridgehead atoms. The number of piperidine rings is 1. The van der Waals surface area contributed by atoms with E-state index in [-0.39, 0.29) is 17.8 Å². The highest BCUT2D eigenvalue weighted by Crippen LogP contribution is 2.29. The number of imidazole rings is 1. The molecule has 0 aliphatic carbocycles. The van der Waals surface area contributed by atoms with E-state index in [9.17, 15) is 0 Å². The molecule has 128 valence electrons. The van der Waals surface area contributed by atoms with E-state index in [0.717, 1.165) is 44.5 Å². The van der Waals surface area contributed by atoms with Crippen LogP contribution in [0.2, 0.25) is 0 Å². The first-order chi connectivity index (χ1) is 10.5. The summed E-state index contributed by atoms with van der Waals surface area (Å²) in [6, 6.07) is 8.76. The lowest BCUT2D eigenvalue weighted by Crippen LogP contribution is -2.52. The van der Waals surface area contributed by atoms with E-state index < -0.39 is 0 Å². The largest absolute Gasteiger partial charge is 0.327 e. The lowest BCUT2D eigenvalue weighted by molar-refractivity contribution is 0.0870. The second kappa shape index (κ2) is 7.20. The molecule has 1 aromatic heterocycles. The van der Waals surface area contributed by atoms with Crippen LogP contribution >= 0.6 is 12.4 Å². The molecule has 1 aliphatic heterocycles. The van der Waals surface area contributed by atoms with Gasteiger partial charge in [0.1, 0.15) is 5.82 Å². The van der Waals surface area contributed by atoms with Gasteiger partial charge < -0.3 is 10.3 Å². The normalized spacial score (nSPS) is 21.3. The Labute approximate surface area is 145 Å². The van der Waals surface area contributed by atoms with E-state index >= 15 is 0 Å². The summed E-state index contributed by atoms with van der Waals surface area (Å²) in [5.41, 5.74) is 8.81. The first-order valence-corrected chi connectivity index (χ1v) is 8.43. The van der Waals surface area contributed by atoms with Crippen LogP contribution < -0.4 is 5.73 Å². The standard InChI is InChI=1S/C18H28N4.ClH/c1-4-10-22-15-8-6-5-7-14(15)20-17(22)12-21-11-9-16(19)18(2,3)13-21;/h5-8,16H,4,9-13,19H2,1-3H3;1H. The topological polar surface area (TPSA) is 47.1 Å². The van der Waals surface area contributed by atoms with Crippen molar-refractivity contribution in [1.29, 1.82) is 0 Å². The van der Waals surface area contributed by atoms with Crippen molar-refractivity contribution in [3.05, 3.63) is 30.1 Å². The quantitative estimate of drug-likeness (QED) is 0.930. The van der Waals surface area contributed by atoms with E-state index in [4.69, 9.17) is 10.7 Å². The zero-order valence-electron chi connectivity index (χ0n) is 14.5. The predicted octanol–water partition coefficient (Wildman–Crippen LogP) is 3.43. The van der Waals surface area contributed by atoms with Gasteiger partial charge in [-0.1, -0.05) is 32.9 Å². The number of aromatic nitrogens is 2. The fourth-order valence-corrected chi connectivity index (χ4v) is 3.54. The molecule has 1 fully saturated rings. The maximum atomic E-state index is 6.26. The molecule has 0 amide bonds. The Balaban J connectivity index is 0.00000192. The number of hydrogen-bond donors (Lipinski definition) is 1. The predicted molar refractivity (Wildman–Crippen MR) is 98.9 cm³/mol. The average Bonchev–Trinajstić information content (AvgIpc) is 2.81. The van der Waals surface area contributed by atoms with E-state index in [0.29, 0.717) is 6.04 Å². The van der Waals surface area contributed by atoms with Gasteiger partial charge in [-0.05, 0) is 30.4 Å². The molecule has 3 rings (SSSR count). The van der Waals surface area contributed by atoms with Gasteiger partial charge in [0, 0.05) is 25.7 Å². The molecule has 2 N–H and O–H groups in total. The van der Waals surface area contributed by atoms with Crippen LogP contribution in [-0.4, -0.2) is 33.6 Å². The summed E-state index contributed by atoms with van der Waals surface area (Å²) >= 11 is 0. The van der Waals surface area contributed by atoms with Crippen LogP contribution in [0.5, 0.6) is 0 Å². The molecule has 23 heavy (non-hydrogen) atoms. The fourth-order valence-electron chi connectivity index (χ4n) is 3.54. The molecule has 4 nitrogen and oxygen atoms in total. The fraction of sp³-hybridized carbons (Fsp3) is 0.611. The van der Waals surface area contributed by atoms with Gasteiger partial charge >= 0.3 is 0 Å². The molecule has 1 saturated heterocycles. The zero-order valence-corrected chi connectivity index (χ0v) is 15.3. The molecule has 1 unspecified atom stereocenters. The summed E-state index contributed by atoms with van der Waals surface area (Å²) in [6.45, 7) is 10.8. The van der Waals surface area contributed by atoms with E-state index in [1.807, 2.05) is 0 Å². The van der Waals surface area contributed by atoms with Crippen LogP contribution in [0.3, 0.4) is 0 Å². The third-order valence-electron chi connectivity index (χ3n) is 4.94. The molecule has 0 radical (unpaired) electrons. The molecule has 0 saturated carbocycles. The molecule has 5 heteroatoms. The van der Waals surface area contributed by atoms with Gasteiger partial charge in [-0.3, -0.25) is 4.90 Å². The first-order valence-electron chi connectivity index (χ1n) is 8.43. The Hall–Kier alpha value is -1.10. The van der Waals surface area contributed by atoms with E-state index in [1.165, 1.54) is 11.3 Å². The van der Waals surface area contributed by atoms with Crippen LogP contribution in [0.25, 0.3) is 11.0 Å². The van der Waals surface area contributed by atoms with Gasteiger partial charge in [-0.2, -0.15) is 0 Å². The van der Waals surface area contributed by atoms with Crippen molar-refractivity contribution >= 4 is 23.4 Å². The summed E-state index contributed by atoms with van der Waals surface area (Å²) in [6.07, 6.45) is 2.20. The Morgan fingerprint density at radius 3 is 2.74 bits per heavy atom. The number of fused-ring (bicyclic) bond motifs is 1. The maximum Gasteiger partial charge on any atom is 0.124 e. The first kappa shape index (κ1) is 18.2. The molecular formula is C18H29ClN4. The Morgan fingerprint density at radius 2 is 2.04 bits per heavy atom. The van der Waals surface area contributed by atoms with Gasteiger partial charge in [0.05, 0.1) is 17.6 Å². The molecule has 0 spiro atoms. The average molecular weight is 337 g/mol. The number of halogens is 1. The Kier molecular flexibility index (Phi) is 5.71. The van der Waals surface area contributed by atoms with Gasteiger partial charge in [0.2, 0.25) is 0 Å². The second-order valence-corrected chi connectivity index (χ2v) is 7.26. The van der Waals surface area contributed by atoms with Crippen molar-refractivity contribution in [3.8, 4) is 0 Å². The lowest BCUT2D eigenvalue weighted by atomic mass is 9.80. The minimum Gasteiger partial charge on any atom is -0.327 e. The number of likely N-dealkylation sites (tertiary alicyclic amines) is 1. The molecule has 2 aromatic rings. The number of para-hydroxylation sites is 2. The number of nitrogens with two attached hydrogens (primary N) is 1. The van der Waals surface area contributed by atoms with Crippen molar-refractivity contribution in [2.75, 3.05) is 13.1 Å². The Morgan fingerprint density at radius 1 is 1.30 bits per heavy atom. The number of benzene rings is 1. The highest BCUT2D eigenvalue weighted by atomic mass is 35.5. The van der Waals surface area contributed by atoms with Gasteiger partial charge in [0.15, 0.2) is 0 Å². The summed E-state index contributed by atoms with van der Waals surface area (Å²) in [4.78, 5) is 7.39. The number of rotatable bonds is 4. The van der Waals surface area contributed by atoms with Crippen molar-refractivity contribution in [2.24, 2.45) is 11.1 Å². The maximum absolute atomic E-state index is 6.26. The van der Waals surface area contributed by atoms with Crippen LogP contribution in [0.15, 0.2) is 24.3 Å². The van der Waals surface area contributed by atoms with E-state index in [1.54, 1.807) is 0 Å². The number of hydrogen-bond acceptors (Lipinski definition) is 3. The monoisotopic (exact) mass is 336 g/mol. The van der Waals surface area contributed by atoms with Crippen LogP contribution in [-0.2, 0) is 13.1 Å². The minimum absolute atomic E-state index is 0. The third-order valence-corrected chi connectivity index (χ3v) is 4.94. The Bertz CT molecular complexity index is 650. The van der Waals surface area contributed by atoms with Gasteiger partial charge in [0.25, 0.3) is 0 Å². The summed E-state index contributed by atoms with van der Waals surface area (Å²) in [7, 11) is 0. The van der Waals surface area contributed by atoms with Crippen LogP contribution in [0, 0.1) is 5.41 Å². The van der Waals surface area contributed by atoms with Crippen molar-refractivity contribution in [3.63, 3.8) is 0 Å². The number of aryl methyl sites for hydroxylation is 1. The van der Waals surface area contributed by atoms with Crippen LogP contribution in [0.4, 0.5) is 0 Å². The zero-order chi connectivity index (χ0) is 15.7. The molecule has 1 aliphatic rings. The van der Waals surface area contributed by atoms with Gasteiger partial charge in [-0.25, -0.2) is 4.98 Å². The molecule has 2 heterocycles. The summed E-state index contributed by atoms with van der Waals surface area (Å²) in [5.74, 6) is 1.19. The smallest absolute Gasteiger partial charge is 0.124 e. The highest BCUT2D eigenvalue weighted by Gasteiger charge is 2.33. The van der Waals surface area contributed by atoms with Crippen molar-refractivity contribution < 1.29 is 0 Å². The van der Waals surface area contributed by atoms with Crippen molar-refractivity contribution in [2.45, 2.75) is 52.7 Å². The highest BCUT2D eigenvalue weighted by molar-refractivity contribution is 5.85. The minimum atomic E-state index is 0. The molecule has 1 atom stereocenters. The second-order valence-electron chi connectivity index (χ2n) is 7.26. The SMILES string of the molecule is CCCn1c(CN2CCC(N)C(C)(C)C2)nc2ccccc21.Cl. The molecule has 1 aromatic carbocycles. The summed E-state index contributed by atoms with van der Waals surface area (Å²) in [5, 5.41) is 0. The number of nitrogens with zero attached hydrogens (tertiary/aromatic N) is 3. The van der Waals surface area contributed by atoms with Crippen LogP contribution in [0.1, 0.15) is 39.4 Å². The van der Waals surface area contributed by atoms with Crippen molar-refractivity contribution in [1.82, 2.24) is 14.5 Å². The lowest BCUT2D eigenvalue weighted by Gasteiger charge is -2.42.